The van der Waals surface area contributed by atoms with Gasteiger partial charge in [0, 0.05) is 19.3 Å². The van der Waals surface area contributed by atoms with Crippen molar-refractivity contribution in [2.24, 2.45) is 0 Å². The second-order valence-corrected chi connectivity index (χ2v) is 4.21. The number of ether oxygens (including phenoxy) is 1. The lowest BCUT2D eigenvalue weighted by Crippen LogP contribution is -2.08. The van der Waals surface area contributed by atoms with Gasteiger partial charge in [0.1, 0.15) is 0 Å². The van der Waals surface area contributed by atoms with E-state index in [-0.39, 0.29) is 0 Å². The fourth-order valence-electron chi connectivity index (χ4n) is 1.65. The molecule has 1 N–H and O–H groups in total. The molecule has 2 aromatic rings. The van der Waals surface area contributed by atoms with E-state index in [0.717, 1.165) is 25.1 Å². The Balaban J connectivity index is 2.32. The molecular weight excluding hydrogens is 256 g/mol. The fourth-order valence-corrected chi connectivity index (χ4v) is 1.65. The highest BCUT2D eigenvalue weighted by molar-refractivity contribution is 5.54. The van der Waals surface area contributed by atoms with Crippen LogP contribution in [0.25, 0.3) is 11.4 Å². The summed E-state index contributed by atoms with van der Waals surface area (Å²) in [4.78, 5) is 12.9. The molecule has 0 aliphatic heterocycles. The SMILES string of the molecule is CCCNc1nc(OCC)nc(-c2cnn(CC)c2)n1. The maximum absolute atomic E-state index is 5.39. The highest BCUT2D eigenvalue weighted by atomic mass is 16.5. The molecule has 2 rings (SSSR count). The Bertz CT molecular complexity index is 554. The lowest BCUT2D eigenvalue weighted by atomic mass is 10.3. The lowest BCUT2D eigenvalue weighted by molar-refractivity contribution is 0.312. The molecule has 0 bridgehead atoms. The van der Waals surface area contributed by atoms with Crippen LogP contribution in [-0.2, 0) is 6.54 Å². The van der Waals surface area contributed by atoms with Crippen molar-refractivity contribution in [3.8, 4) is 17.4 Å². The van der Waals surface area contributed by atoms with Crippen LogP contribution in [0.5, 0.6) is 6.01 Å². The van der Waals surface area contributed by atoms with Crippen LogP contribution in [0.15, 0.2) is 12.4 Å². The van der Waals surface area contributed by atoms with Crippen molar-refractivity contribution in [3.05, 3.63) is 12.4 Å². The smallest absolute Gasteiger partial charge is 0.321 e. The molecular formula is C13H20N6O. The number of rotatable bonds is 7. The molecule has 0 radical (unpaired) electrons. The molecule has 0 spiro atoms. The summed E-state index contributed by atoms with van der Waals surface area (Å²) in [5, 5.41) is 7.39. The van der Waals surface area contributed by atoms with Crippen molar-refractivity contribution < 1.29 is 4.74 Å². The number of aryl methyl sites for hydroxylation is 1. The van der Waals surface area contributed by atoms with Crippen LogP contribution in [0.4, 0.5) is 5.95 Å². The predicted octanol–water partition coefficient (Wildman–Crippen LogP) is 1.98. The Morgan fingerprint density at radius 2 is 2.05 bits per heavy atom. The van der Waals surface area contributed by atoms with Gasteiger partial charge in [-0.25, -0.2) is 0 Å². The van der Waals surface area contributed by atoms with Crippen LogP contribution in [-0.4, -0.2) is 37.9 Å². The third-order valence-corrected chi connectivity index (χ3v) is 2.64. The molecule has 7 heteroatoms. The lowest BCUT2D eigenvalue weighted by Gasteiger charge is -2.07. The minimum absolute atomic E-state index is 0.334. The van der Waals surface area contributed by atoms with Crippen molar-refractivity contribution >= 4 is 5.95 Å². The molecule has 0 saturated carbocycles. The van der Waals surface area contributed by atoms with E-state index in [4.69, 9.17) is 4.74 Å². The maximum Gasteiger partial charge on any atom is 0.321 e. The molecule has 0 aliphatic carbocycles. The normalized spacial score (nSPS) is 10.6. The zero-order valence-electron chi connectivity index (χ0n) is 12.1. The monoisotopic (exact) mass is 276 g/mol. The van der Waals surface area contributed by atoms with Gasteiger partial charge in [0.05, 0.1) is 18.4 Å². The molecule has 0 aromatic carbocycles. The van der Waals surface area contributed by atoms with Gasteiger partial charge in [0.25, 0.3) is 0 Å². The van der Waals surface area contributed by atoms with Crippen molar-refractivity contribution in [2.45, 2.75) is 33.7 Å². The Hall–Kier alpha value is -2.18. The van der Waals surface area contributed by atoms with E-state index in [1.807, 2.05) is 24.7 Å². The topological polar surface area (TPSA) is 77.8 Å². The van der Waals surface area contributed by atoms with Crippen LogP contribution in [0.2, 0.25) is 0 Å². The first-order valence-electron chi connectivity index (χ1n) is 6.92. The summed E-state index contributed by atoms with van der Waals surface area (Å²) < 4.78 is 7.22. The third-order valence-electron chi connectivity index (χ3n) is 2.64. The molecule has 0 atom stereocenters. The maximum atomic E-state index is 5.39. The predicted molar refractivity (Wildman–Crippen MR) is 76.7 cm³/mol. The molecule has 108 valence electrons. The molecule has 0 amide bonds. The van der Waals surface area contributed by atoms with Gasteiger partial charge in [-0.05, 0) is 20.3 Å². The third kappa shape index (κ3) is 3.43. The van der Waals surface area contributed by atoms with Gasteiger partial charge in [0.2, 0.25) is 5.95 Å². The highest BCUT2D eigenvalue weighted by Crippen LogP contribution is 2.18. The van der Waals surface area contributed by atoms with E-state index in [1.165, 1.54) is 0 Å². The summed E-state index contributed by atoms with van der Waals surface area (Å²) in [7, 11) is 0. The summed E-state index contributed by atoms with van der Waals surface area (Å²) in [5.41, 5.74) is 0.856. The Kier molecular flexibility index (Phi) is 4.86. The van der Waals surface area contributed by atoms with Crippen molar-refractivity contribution in [1.82, 2.24) is 24.7 Å². The van der Waals surface area contributed by atoms with Gasteiger partial charge >= 0.3 is 6.01 Å². The largest absolute Gasteiger partial charge is 0.464 e. The van der Waals surface area contributed by atoms with Gasteiger partial charge < -0.3 is 10.1 Å². The quantitative estimate of drug-likeness (QED) is 0.833. The van der Waals surface area contributed by atoms with Gasteiger partial charge in [-0.1, -0.05) is 6.92 Å². The van der Waals surface area contributed by atoms with Crippen LogP contribution in [0, 0.1) is 0 Å². The molecule has 7 nitrogen and oxygen atoms in total. The van der Waals surface area contributed by atoms with Crippen LogP contribution in [0.3, 0.4) is 0 Å². The fraction of sp³-hybridized carbons (Fsp3) is 0.538. The second-order valence-electron chi connectivity index (χ2n) is 4.21. The van der Waals surface area contributed by atoms with E-state index in [1.54, 1.807) is 6.20 Å². The zero-order chi connectivity index (χ0) is 14.4. The zero-order valence-corrected chi connectivity index (χ0v) is 12.1. The number of aromatic nitrogens is 5. The average Bonchev–Trinajstić information content (AvgIpc) is 2.94. The molecule has 0 aliphatic rings. The van der Waals surface area contributed by atoms with Crippen molar-refractivity contribution in [1.29, 1.82) is 0 Å². The Morgan fingerprint density at radius 1 is 1.20 bits per heavy atom. The van der Waals surface area contributed by atoms with E-state index < -0.39 is 0 Å². The van der Waals surface area contributed by atoms with Gasteiger partial charge in [-0.15, -0.1) is 0 Å². The van der Waals surface area contributed by atoms with Crippen LogP contribution < -0.4 is 10.1 Å². The minimum Gasteiger partial charge on any atom is -0.464 e. The minimum atomic E-state index is 0.334. The number of nitrogens with one attached hydrogen (secondary N) is 1. The van der Waals surface area contributed by atoms with Gasteiger partial charge in [-0.3, -0.25) is 4.68 Å². The van der Waals surface area contributed by atoms with E-state index in [2.05, 4.69) is 32.3 Å². The highest BCUT2D eigenvalue weighted by Gasteiger charge is 2.10. The summed E-state index contributed by atoms with van der Waals surface area (Å²) in [6, 6.07) is 0.334. The van der Waals surface area contributed by atoms with Crippen LogP contribution >= 0.6 is 0 Å². The standard InChI is InChI=1S/C13H20N6O/c1-4-7-14-12-16-11(17-13(18-12)20-6-3)10-8-15-19(5-2)9-10/h8-9H,4-7H2,1-3H3,(H,14,16,17,18). The van der Waals surface area contributed by atoms with Gasteiger partial charge in [0.15, 0.2) is 5.82 Å². The number of anilines is 1. The van der Waals surface area contributed by atoms with E-state index >= 15 is 0 Å². The van der Waals surface area contributed by atoms with Crippen molar-refractivity contribution in [2.75, 3.05) is 18.5 Å². The molecule has 20 heavy (non-hydrogen) atoms. The summed E-state index contributed by atoms with van der Waals surface area (Å²) in [5.74, 6) is 1.10. The second kappa shape index (κ2) is 6.83. The molecule has 0 fully saturated rings. The molecule has 0 unspecified atom stereocenters. The molecule has 2 heterocycles. The summed E-state index contributed by atoms with van der Waals surface area (Å²) in [6.45, 7) is 8.16. The summed E-state index contributed by atoms with van der Waals surface area (Å²) in [6.07, 6.45) is 4.66. The van der Waals surface area contributed by atoms with E-state index in [0.29, 0.717) is 24.4 Å². The Labute approximate surface area is 118 Å². The van der Waals surface area contributed by atoms with E-state index in [9.17, 15) is 0 Å². The first-order chi connectivity index (χ1) is 9.76. The number of hydrogen-bond donors (Lipinski definition) is 1. The molecule has 0 saturated heterocycles. The van der Waals surface area contributed by atoms with Crippen LogP contribution in [0.1, 0.15) is 27.2 Å². The first-order valence-corrected chi connectivity index (χ1v) is 6.92. The number of hydrogen-bond acceptors (Lipinski definition) is 6. The first kappa shape index (κ1) is 14.2. The Morgan fingerprint density at radius 3 is 2.70 bits per heavy atom. The van der Waals surface area contributed by atoms with Gasteiger partial charge in [-0.2, -0.15) is 20.1 Å². The average molecular weight is 276 g/mol. The van der Waals surface area contributed by atoms with Crippen molar-refractivity contribution in [3.63, 3.8) is 0 Å². The number of nitrogens with zero attached hydrogens (tertiary/aromatic N) is 5. The summed E-state index contributed by atoms with van der Waals surface area (Å²) >= 11 is 0. The molecule has 2 aromatic heterocycles.